The Bertz CT molecular complexity index is 207. The first-order valence-corrected chi connectivity index (χ1v) is 6.24. The molecule has 1 amide bonds. The molecule has 1 heterocycles. The van der Waals surface area contributed by atoms with Gasteiger partial charge in [-0.3, -0.25) is 9.69 Å². The zero-order valence-corrected chi connectivity index (χ0v) is 10.5. The van der Waals surface area contributed by atoms with Crippen molar-refractivity contribution in [2.45, 2.75) is 26.2 Å². The number of carbonyl (C=O) groups excluding carboxylic acids is 1. The highest BCUT2D eigenvalue weighted by Crippen LogP contribution is 2.15. The Labute approximate surface area is 98.3 Å². The average Bonchev–Trinajstić information content (AvgIpc) is 2.27. The summed E-state index contributed by atoms with van der Waals surface area (Å²) in [7, 11) is 1.74. The zero-order chi connectivity index (χ0) is 11.8. The SMILES string of the molecule is CCCNC(=O)CN1CCCC(COC)C1. The lowest BCUT2D eigenvalue weighted by atomic mass is 9.99. The van der Waals surface area contributed by atoms with Crippen molar-refractivity contribution in [3.8, 4) is 0 Å². The third-order valence-corrected chi connectivity index (χ3v) is 2.94. The van der Waals surface area contributed by atoms with E-state index in [-0.39, 0.29) is 5.91 Å². The lowest BCUT2D eigenvalue weighted by Crippen LogP contribution is -2.43. The summed E-state index contributed by atoms with van der Waals surface area (Å²) in [6.45, 7) is 6.24. The highest BCUT2D eigenvalue weighted by molar-refractivity contribution is 5.77. The Morgan fingerprint density at radius 2 is 2.38 bits per heavy atom. The highest BCUT2D eigenvalue weighted by Gasteiger charge is 2.21. The summed E-state index contributed by atoms with van der Waals surface area (Å²) in [5.41, 5.74) is 0. The summed E-state index contributed by atoms with van der Waals surface area (Å²) in [4.78, 5) is 13.8. The van der Waals surface area contributed by atoms with E-state index >= 15 is 0 Å². The van der Waals surface area contributed by atoms with Crippen LogP contribution in [-0.2, 0) is 9.53 Å². The van der Waals surface area contributed by atoms with Crippen molar-refractivity contribution in [1.82, 2.24) is 10.2 Å². The Morgan fingerprint density at radius 3 is 3.06 bits per heavy atom. The molecule has 0 saturated carbocycles. The number of rotatable bonds is 6. The van der Waals surface area contributed by atoms with E-state index in [1.54, 1.807) is 7.11 Å². The van der Waals surface area contributed by atoms with Crippen LogP contribution in [0.4, 0.5) is 0 Å². The topological polar surface area (TPSA) is 41.6 Å². The molecular formula is C12H24N2O2. The molecule has 16 heavy (non-hydrogen) atoms. The normalized spacial score (nSPS) is 22.0. The number of piperidine rings is 1. The van der Waals surface area contributed by atoms with Gasteiger partial charge in [0.2, 0.25) is 5.91 Å². The molecule has 94 valence electrons. The molecule has 1 aliphatic rings. The second kappa shape index (κ2) is 7.63. The van der Waals surface area contributed by atoms with Crippen molar-refractivity contribution in [2.24, 2.45) is 5.92 Å². The minimum absolute atomic E-state index is 0.153. The van der Waals surface area contributed by atoms with Gasteiger partial charge in [0.25, 0.3) is 0 Å². The van der Waals surface area contributed by atoms with Gasteiger partial charge in [0.15, 0.2) is 0 Å². The average molecular weight is 228 g/mol. The molecule has 0 aromatic rings. The van der Waals surface area contributed by atoms with E-state index in [1.165, 1.54) is 12.8 Å². The van der Waals surface area contributed by atoms with Crippen molar-refractivity contribution in [1.29, 1.82) is 0 Å². The Balaban J connectivity index is 2.22. The van der Waals surface area contributed by atoms with Gasteiger partial charge in [0, 0.05) is 20.2 Å². The smallest absolute Gasteiger partial charge is 0.234 e. The molecule has 1 rings (SSSR count). The molecule has 0 aromatic carbocycles. The number of methoxy groups -OCH3 is 1. The molecule has 1 atom stereocenters. The van der Waals surface area contributed by atoms with E-state index in [1.807, 2.05) is 0 Å². The first-order valence-electron chi connectivity index (χ1n) is 6.24. The van der Waals surface area contributed by atoms with Gasteiger partial charge in [-0.1, -0.05) is 6.92 Å². The molecule has 1 unspecified atom stereocenters. The van der Waals surface area contributed by atoms with Crippen molar-refractivity contribution >= 4 is 5.91 Å². The number of carbonyl (C=O) groups is 1. The van der Waals surface area contributed by atoms with Gasteiger partial charge < -0.3 is 10.1 Å². The summed E-state index contributed by atoms with van der Waals surface area (Å²) < 4.78 is 5.17. The zero-order valence-electron chi connectivity index (χ0n) is 10.5. The molecule has 0 spiro atoms. The van der Waals surface area contributed by atoms with Crippen LogP contribution in [0.1, 0.15) is 26.2 Å². The van der Waals surface area contributed by atoms with Crippen LogP contribution in [0.5, 0.6) is 0 Å². The predicted octanol–water partition coefficient (Wildman–Crippen LogP) is 0.871. The fourth-order valence-corrected chi connectivity index (χ4v) is 2.19. The molecule has 4 nitrogen and oxygen atoms in total. The van der Waals surface area contributed by atoms with Crippen LogP contribution < -0.4 is 5.32 Å². The summed E-state index contributed by atoms with van der Waals surface area (Å²) in [5, 5.41) is 2.91. The lowest BCUT2D eigenvalue weighted by Gasteiger charge is -2.31. The van der Waals surface area contributed by atoms with Crippen molar-refractivity contribution < 1.29 is 9.53 Å². The van der Waals surface area contributed by atoms with Gasteiger partial charge in [-0.25, -0.2) is 0 Å². The molecule has 1 aliphatic heterocycles. The predicted molar refractivity (Wildman–Crippen MR) is 64.3 cm³/mol. The first-order chi connectivity index (χ1) is 7.76. The van der Waals surface area contributed by atoms with Crippen LogP contribution in [0.3, 0.4) is 0 Å². The van der Waals surface area contributed by atoms with E-state index in [0.717, 1.165) is 32.7 Å². The van der Waals surface area contributed by atoms with Crippen molar-refractivity contribution in [2.75, 3.05) is 39.9 Å². The van der Waals surface area contributed by atoms with Crippen LogP contribution in [0.2, 0.25) is 0 Å². The summed E-state index contributed by atoms with van der Waals surface area (Å²) in [6, 6.07) is 0. The summed E-state index contributed by atoms with van der Waals surface area (Å²) in [6.07, 6.45) is 3.40. The Hall–Kier alpha value is -0.610. The van der Waals surface area contributed by atoms with E-state index in [2.05, 4.69) is 17.1 Å². The first kappa shape index (κ1) is 13.5. The molecule has 1 fully saturated rings. The summed E-state index contributed by atoms with van der Waals surface area (Å²) in [5.74, 6) is 0.748. The van der Waals surface area contributed by atoms with Gasteiger partial charge in [-0.15, -0.1) is 0 Å². The van der Waals surface area contributed by atoms with Crippen LogP contribution >= 0.6 is 0 Å². The minimum Gasteiger partial charge on any atom is -0.384 e. The standard InChI is InChI=1S/C12H24N2O2/c1-3-6-13-12(15)9-14-7-4-5-11(8-14)10-16-2/h11H,3-10H2,1-2H3,(H,13,15). The molecule has 1 N–H and O–H groups in total. The largest absolute Gasteiger partial charge is 0.384 e. The number of nitrogens with zero attached hydrogens (tertiary/aromatic N) is 1. The van der Waals surface area contributed by atoms with Crippen LogP contribution in [0.15, 0.2) is 0 Å². The quantitative estimate of drug-likeness (QED) is 0.733. The van der Waals surface area contributed by atoms with Crippen LogP contribution in [0.25, 0.3) is 0 Å². The van der Waals surface area contributed by atoms with E-state index in [9.17, 15) is 4.79 Å². The second-order valence-electron chi connectivity index (χ2n) is 4.55. The number of hydrogen-bond acceptors (Lipinski definition) is 3. The Morgan fingerprint density at radius 1 is 1.56 bits per heavy atom. The molecule has 4 heteroatoms. The maximum atomic E-state index is 11.6. The monoisotopic (exact) mass is 228 g/mol. The van der Waals surface area contributed by atoms with Gasteiger partial charge in [-0.05, 0) is 31.7 Å². The Kier molecular flexibility index (Phi) is 6.42. The van der Waals surface area contributed by atoms with Crippen LogP contribution in [-0.4, -0.2) is 50.7 Å². The van der Waals surface area contributed by atoms with Gasteiger partial charge in [0.1, 0.15) is 0 Å². The third kappa shape index (κ3) is 4.94. The molecule has 0 aliphatic carbocycles. The second-order valence-corrected chi connectivity index (χ2v) is 4.55. The van der Waals surface area contributed by atoms with Gasteiger partial charge in [-0.2, -0.15) is 0 Å². The maximum absolute atomic E-state index is 11.6. The van der Waals surface area contributed by atoms with Crippen molar-refractivity contribution in [3.05, 3.63) is 0 Å². The van der Waals surface area contributed by atoms with E-state index < -0.39 is 0 Å². The highest BCUT2D eigenvalue weighted by atomic mass is 16.5. The van der Waals surface area contributed by atoms with Gasteiger partial charge in [0.05, 0.1) is 13.2 Å². The third-order valence-electron chi connectivity index (χ3n) is 2.94. The van der Waals surface area contributed by atoms with Crippen molar-refractivity contribution in [3.63, 3.8) is 0 Å². The number of likely N-dealkylation sites (tertiary alicyclic amines) is 1. The van der Waals surface area contributed by atoms with E-state index in [0.29, 0.717) is 12.5 Å². The fourth-order valence-electron chi connectivity index (χ4n) is 2.19. The maximum Gasteiger partial charge on any atom is 0.234 e. The molecule has 0 bridgehead atoms. The molecular weight excluding hydrogens is 204 g/mol. The number of ether oxygens (including phenoxy) is 1. The number of hydrogen-bond donors (Lipinski definition) is 1. The summed E-state index contributed by atoms with van der Waals surface area (Å²) >= 11 is 0. The van der Waals surface area contributed by atoms with E-state index in [4.69, 9.17) is 4.74 Å². The fraction of sp³-hybridized carbons (Fsp3) is 0.917. The lowest BCUT2D eigenvalue weighted by molar-refractivity contribution is -0.122. The minimum atomic E-state index is 0.153. The van der Waals surface area contributed by atoms with Crippen LogP contribution in [0, 0.1) is 5.92 Å². The molecule has 0 radical (unpaired) electrons. The number of amides is 1. The molecule has 1 saturated heterocycles. The molecule has 0 aromatic heterocycles. The number of nitrogens with one attached hydrogen (secondary N) is 1. The van der Waals surface area contributed by atoms with Gasteiger partial charge >= 0.3 is 0 Å².